The first-order valence-electron chi connectivity index (χ1n) is 8.56. The summed E-state index contributed by atoms with van der Waals surface area (Å²) in [7, 11) is 0. The van der Waals surface area contributed by atoms with E-state index in [1.54, 1.807) is 0 Å². The summed E-state index contributed by atoms with van der Waals surface area (Å²) in [5, 5.41) is 2.81. The molecule has 0 saturated carbocycles. The van der Waals surface area contributed by atoms with E-state index in [4.69, 9.17) is 0 Å². The predicted molar refractivity (Wildman–Crippen MR) is 99.7 cm³/mol. The normalized spacial score (nSPS) is 14.3. The number of amides is 2. The lowest BCUT2D eigenvalue weighted by molar-refractivity contribution is -0.130. The number of benzene rings is 2. The quantitative estimate of drug-likeness (QED) is 0.933. The van der Waals surface area contributed by atoms with E-state index in [0.29, 0.717) is 6.42 Å². The van der Waals surface area contributed by atoms with Gasteiger partial charge in [0.1, 0.15) is 0 Å². The van der Waals surface area contributed by atoms with Crippen molar-refractivity contribution in [2.45, 2.75) is 13.3 Å². The van der Waals surface area contributed by atoms with Gasteiger partial charge in [-0.15, -0.1) is 0 Å². The highest BCUT2D eigenvalue weighted by Gasteiger charge is 2.21. The third-order valence-corrected chi connectivity index (χ3v) is 4.36. The van der Waals surface area contributed by atoms with E-state index in [0.717, 1.165) is 43.1 Å². The van der Waals surface area contributed by atoms with E-state index in [2.05, 4.69) is 10.2 Å². The average molecular weight is 337 g/mol. The van der Waals surface area contributed by atoms with E-state index < -0.39 is 0 Å². The molecule has 2 amide bonds. The second kappa shape index (κ2) is 7.83. The third-order valence-electron chi connectivity index (χ3n) is 4.36. The molecule has 3 rings (SSSR count). The Hall–Kier alpha value is -2.82. The zero-order valence-corrected chi connectivity index (χ0v) is 14.4. The molecule has 2 aromatic rings. The van der Waals surface area contributed by atoms with Crippen LogP contribution in [0.15, 0.2) is 54.6 Å². The minimum Gasteiger partial charge on any atom is -0.368 e. The Bertz CT molecular complexity index is 738. The SMILES string of the molecule is CC(=O)Nc1cccc(N2CCN(C(=O)Cc3ccccc3)CC2)c1. The van der Waals surface area contributed by atoms with Crippen molar-refractivity contribution in [2.75, 3.05) is 36.4 Å². The van der Waals surface area contributed by atoms with Gasteiger partial charge in [-0.3, -0.25) is 9.59 Å². The summed E-state index contributed by atoms with van der Waals surface area (Å²) in [5.74, 6) is 0.103. The highest BCUT2D eigenvalue weighted by molar-refractivity contribution is 5.89. The first-order valence-corrected chi connectivity index (χ1v) is 8.56. The maximum atomic E-state index is 12.4. The van der Waals surface area contributed by atoms with Gasteiger partial charge in [0.2, 0.25) is 11.8 Å². The Balaban J connectivity index is 1.56. The molecule has 5 heteroatoms. The molecule has 1 N–H and O–H groups in total. The van der Waals surface area contributed by atoms with Crippen molar-refractivity contribution in [3.8, 4) is 0 Å². The number of hydrogen-bond donors (Lipinski definition) is 1. The van der Waals surface area contributed by atoms with Crippen LogP contribution in [0.5, 0.6) is 0 Å². The maximum absolute atomic E-state index is 12.4. The van der Waals surface area contributed by atoms with Crippen molar-refractivity contribution in [2.24, 2.45) is 0 Å². The molecule has 0 aliphatic carbocycles. The van der Waals surface area contributed by atoms with Gasteiger partial charge in [-0.2, -0.15) is 0 Å². The standard InChI is InChI=1S/C20H23N3O2/c1-16(24)21-18-8-5-9-19(15-18)22-10-12-23(13-11-22)20(25)14-17-6-3-2-4-7-17/h2-9,15H,10-14H2,1H3,(H,21,24). The van der Waals surface area contributed by atoms with Crippen LogP contribution in [0.1, 0.15) is 12.5 Å². The second-order valence-electron chi connectivity index (χ2n) is 6.26. The molecule has 0 bridgehead atoms. The zero-order chi connectivity index (χ0) is 17.6. The van der Waals surface area contributed by atoms with Gasteiger partial charge >= 0.3 is 0 Å². The molecule has 0 aromatic heterocycles. The third kappa shape index (κ3) is 4.59. The van der Waals surface area contributed by atoms with E-state index in [9.17, 15) is 9.59 Å². The van der Waals surface area contributed by atoms with E-state index >= 15 is 0 Å². The van der Waals surface area contributed by atoms with Crippen molar-refractivity contribution in [3.05, 3.63) is 60.2 Å². The Morgan fingerprint density at radius 1 is 0.960 bits per heavy atom. The second-order valence-corrected chi connectivity index (χ2v) is 6.26. The largest absolute Gasteiger partial charge is 0.368 e. The summed E-state index contributed by atoms with van der Waals surface area (Å²) in [6, 6.07) is 17.7. The number of hydrogen-bond acceptors (Lipinski definition) is 3. The molecule has 25 heavy (non-hydrogen) atoms. The number of anilines is 2. The molecule has 5 nitrogen and oxygen atoms in total. The summed E-state index contributed by atoms with van der Waals surface area (Å²) < 4.78 is 0. The molecule has 1 aliphatic heterocycles. The molecule has 0 atom stereocenters. The van der Waals surface area contributed by atoms with Crippen LogP contribution in [0.4, 0.5) is 11.4 Å². The van der Waals surface area contributed by atoms with E-state index in [1.807, 2.05) is 59.5 Å². The van der Waals surface area contributed by atoms with Gasteiger partial charge in [0.15, 0.2) is 0 Å². The number of rotatable bonds is 4. The Kier molecular flexibility index (Phi) is 5.33. The molecule has 1 aliphatic rings. The van der Waals surface area contributed by atoms with Crippen LogP contribution in [0, 0.1) is 0 Å². The molecular weight excluding hydrogens is 314 g/mol. The Labute approximate surface area is 148 Å². The minimum atomic E-state index is -0.0755. The summed E-state index contributed by atoms with van der Waals surface area (Å²) in [4.78, 5) is 27.8. The van der Waals surface area contributed by atoms with Crippen molar-refractivity contribution in [1.29, 1.82) is 0 Å². The fourth-order valence-corrected chi connectivity index (χ4v) is 3.08. The highest BCUT2D eigenvalue weighted by Crippen LogP contribution is 2.21. The smallest absolute Gasteiger partial charge is 0.227 e. The monoisotopic (exact) mass is 337 g/mol. The molecule has 130 valence electrons. The summed E-state index contributed by atoms with van der Waals surface area (Å²) >= 11 is 0. The number of nitrogens with zero attached hydrogens (tertiary/aromatic N) is 2. The number of piperazine rings is 1. The van der Waals surface area contributed by atoms with Crippen molar-refractivity contribution < 1.29 is 9.59 Å². The highest BCUT2D eigenvalue weighted by atomic mass is 16.2. The first-order chi connectivity index (χ1) is 12.1. The van der Waals surface area contributed by atoms with Crippen LogP contribution >= 0.6 is 0 Å². The first kappa shape index (κ1) is 17.0. The average Bonchev–Trinajstić information content (AvgIpc) is 2.62. The van der Waals surface area contributed by atoms with Crippen LogP contribution in [0.3, 0.4) is 0 Å². The molecule has 1 heterocycles. The van der Waals surface area contributed by atoms with Crippen LogP contribution in [0.25, 0.3) is 0 Å². The van der Waals surface area contributed by atoms with Crippen molar-refractivity contribution in [3.63, 3.8) is 0 Å². The lowest BCUT2D eigenvalue weighted by atomic mass is 10.1. The predicted octanol–water partition coefficient (Wildman–Crippen LogP) is 2.54. The fourth-order valence-electron chi connectivity index (χ4n) is 3.08. The fraction of sp³-hybridized carbons (Fsp3) is 0.300. The Morgan fingerprint density at radius 3 is 2.36 bits per heavy atom. The van der Waals surface area contributed by atoms with Crippen LogP contribution in [-0.2, 0) is 16.0 Å². The van der Waals surface area contributed by atoms with Gasteiger partial charge in [-0.05, 0) is 23.8 Å². The number of carbonyl (C=O) groups is 2. The lowest BCUT2D eigenvalue weighted by Crippen LogP contribution is -2.49. The van der Waals surface area contributed by atoms with Gasteiger partial charge < -0.3 is 15.1 Å². The number of nitrogens with one attached hydrogen (secondary N) is 1. The van der Waals surface area contributed by atoms with Crippen LogP contribution < -0.4 is 10.2 Å². The van der Waals surface area contributed by atoms with Crippen molar-refractivity contribution >= 4 is 23.2 Å². The molecule has 1 fully saturated rings. The summed E-state index contributed by atoms with van der Waals surface area (Å²) in [6.45, 7) is 4.53. The molecule has 2 aromatic carbocycles. The van der Waals surface area contributed by atoms with Crippen LogP contribution in [-0.4, -0.2) is 42.9 Å². The van der Waals surface area contributed by atoms with Gasteiger partial charge in [-0.25, -0.2) is 0 Å². The van der Waals surface area contributed by atoms with Gasteiger partial charge in [0.25, 0.3) is 0 Å². The van der Waals surface area contributed by atoms with Gasteiger partial charge in [0.05, 0.1) is 6.42 Å². The van der Waals surface area contributed by atoms with Gasteiger partial charge in [0, 0.05) is 44.5 Å². The Morgan fingerprint density at radius 2 is 1.68 bits per heavy atom. The minimum absolute atomic E-state index is 0.0755. The van der Waals surface area contributed by atoms with E-state index in [-0.39, 0.29) is 11.8 Å². The van der Waals surface area contributed by atoms with Crippen molar-refractivity contribution in [1.82, 2.24) is 4.90 Å². The van der Waals surface area contributed by atoms with Crippen LogP contribution in [0.2, 0.25) is 0 Å². The summed E-state index contributed by atoms with van der Waals surface area (Å²) in [6.07, 6.45) is 0.457. The zero-order valence-electron chi connectivity index (χ0n) is 14.4. The lowest BCUT2D eigenvalue weighted by Gasteiger charge is -2.36. The van der Waals surface area contributed by atoms with Gasteiger partial charge in [-0.1, -0.05) is 36.4 Å². The topological polar surface area (TPSA) is 52.7 Å². The molecular formula is C20H23N3O2. The maximum Gasteiger partial charge on any atom is 0.227 e. The molecule has 0 unspecified atom stereocenters. The molecule has 0 spiro atoms. The van der Waals surface area contributed by atoms with E-state index in [1.165, 1.54) is 6.92 Å². The number of carbonyl (C=O) groups excluding carboxylic acids is 2. The molecule has 0 radical (unpaired) electrons. The summed E-state index contributed by atoms with van der Waals surface area (Å²) in [5.41, 5.74) is 2.92. The molecule has 1 saturated heterocycles.